The van der Waals surface area contributed by atoms with E-state index >= 15 is 0 Å². The number of ether oxygens (including phenoxy) is 2. The van der Waals surface area contributed by atoms with Crippen LogP contribution in [0.2, 0.25) is 0 Å². The number of piperazine rings is 1. The Labute approximate surface area is 249 Å². The zero-order valence-corrected chi connectivity index (χ0v) is 24.5. The number of anilines is 1. The highest BCUT2D eigenvalue weighted by atomic mass is 32.2. The average molecular weight is 584 g/mol. The maximum Gasteiger partial charge on any atom is 0.243 e. The third-order valence-electron chi connectivity index (χ3n) is 8.06. The summed E-state index contributed by atoms with van der Waals surface area (Å²) < 4.78 is 41.3. The van der Waals surface area contributed by atoms with Crippen molar-refractivity contribution in [3.63, 3.8) is 0 Å². The van der Waals surface area contributed by atoms with E-state index in [9.17, 15) is 8.42 Å². The molecule has 0 spiro atoms. The van der Waals surface area contributed by atoms with E-state index in [0.29, 0.717) is 24.5 Å². The zero-order chi connectivity index (χ0) is 28.8. The molecular formula is C34H37N3O4S. The summed E-state index contributed by atoms with van der Waals surface area (Å²) >= 11 is 0. The van der Waals surface area contributed by atoms with E-state index in [-0.39, 0.29) is 6.04 Å². The quantitative estimate of drug-likeness (QED) is 0.250. The second-order valence-electron chi connectivity index (χ2n) is 10.8. The van der Waals surface area contributed by atoms with Crippen LogP contribution in [0, 0.1) is 0 Å². The molecular weight excluding hydrogens is 546 g/mol. The summed E-state index contributed by atoms with van der Waals surface area (Å²) in [6.07, 6.45) is 0.757. The number of nitrogens with zero attached hydrogens (tertiary/aromatic N) is 3. The zero-order valence-electron chi connectivity index (χ0n) is 23.7. The van der Waals surface area contributed by atoms with Crippen LogP contribution in [0.15, 0.2) is 114 Å². The standard InChI is InChI=1S/C34H37N3O4S/c38-42(39,34-17-11-29(12-18-34)28-7-3-1-4-8-28)37-22-21-36(27-31(37)19-20-35-23-25-40-26-24-35)30-13-15-33(16-14-30)41-32-9-5-2-6-10-32/h1-18,31H,19-27H2. The van der Waals surface area contributed by atoms with Gasteiger partial charge < -0.3 is 14.4 Å². The number of hydrogen-bond acceptors (Lipinski definition) is 6. The number of rotatable bonds is 9. The monoisotopic (exact) mass is 583 g/mol. The molecule has 4 aromatic rings. The van der Waals surface area contributed by atoms with Crippen LogP contribution in [-0.4, -0.2) is 76.1 Å². The Hall–Kier alpha value is -3.69. The molecule has 2 saturated heterocycles. The van der Waals surface area contributed by atoms with E-state index < -0.39 is 10.0 Å². The molecule has 1 atom stereocenters. The minimum absolute atomic E-state index is 0.152. The predicted octanol–water partition coefficient (Wildman–Crippen LogP) is 5.75. The highest BCUT2D eigenvalue weighted by Gasteiger charge is 2.36. The lowest BCUT2D eigenvalue weighted by Crippen LogP contribution is -2.56. The lowest BCUT2D eigenvalue weighted by atomic mass is 10.1. The van der Waals surface area contributed by atoms with Crippen molar-refractivity contribution >= 4 is 15.7 Å². The van der Waals surface area contributed by atoms with Crippen LogP contribution in [0.3, 0.4) is 0 Å². The van der Waals surface area contributed by atoms with E-state index in [2.05, 4.69) is 21.9 Å². The van der Waals surface area contributed by atoms with Gasteiger partial charge in [0.15, 0.2) is 0 Å². The maximum atomic E-state index is 14.0. The van der Waals surface area contributed by atoms with Gasteiger partial charge in [0.1, 0.15) is 11.5 Å². The molecule has 0 amide bonds. The van der Waals surface area contributed by atoms with Crippen LogP contribution in [0.5, 0.6) is 11.5 Å². The number of sulfonamides is 1. The third-order valence-corrected chi connectivity index (χ3v) is 10.0. The lowest BCUT2D eigenvalue weighted by Gasteiger charge is -2.42. The van der Waals surface area contributed by atoms with Crippen LogP contribution < -0.4 is 9.64 Å². The van der Waals surface area contributed by atoms with Gasteiger partial charge in [0.05, 0.1) is 18.1 Å². The summed E-state index contributed by atoms with van der Waals surface area (Å²) in [6.45, 7) is 5.73. The predicted molar refractivity (Wildman–Crippen MR) is 167 cm³/mol. The van der Waals surface area contributed by atoms with Crippen LogP contribution >= 0.6 is 0 Å². The number of para-hydroxylation sites is 1. The van der Waals surface area contributed by atoms with E-state index in [1.807, 2.05) is 84.9 Å². The fraction of sp³-hybridized carbons (Fsp3) is 0.294. The van der Waals surface area contributed by atoms with Gasteiger partial charge in [-0.15, -0.1) is 0 Å². The van der Waals surface area contributed by atoms with Crippen molar-refractivity contribution in [2.75, 3.05) is 57.4 Å². The van der Waals surface area contributed by atoms with Gasteiger partial charge in [-0.05, 0) is 72.6 Å². The van der Waals surface area contributed by atoms with Gasteiger partial charge in [0, 0.05) is 44.5 Å². The highest BCUT2D eigenvalue weighted by Crippen LogP contribution is 2.30. The first-order valence-electron chi connectivity index (χ1n) is 14.6. The molecule has 0 saturated carbocycles. The molecule has 0 radical (unpaired) electrons. The van der Waals surface area contributed by atoms with E-state index in [4.69, 9.17) is 9.47 Å². The molecule has 7 nitrogen and oxygen atoms in total. The molecule has 0 aliphatic carbocycles. The van der Waals surface area contributed by atoms with Crippen molar-refractivity contribution in [1.82, 2.24) is 9.21 Å². The SMILES string of the molecule is O=S(=O)(c1ccc(-c2ccccc2)cc1)N1CCN(c2ccc(Oc3ccccc3)cc2)CC1CCN1CCOCC1. The molecule has 2 aliphatic rings. The maximum absolute atomic E-state index is 14.0. The summed E-state index contributed by atoms with van der Waals surface area (Å²) in [4.78, 5) is 5.01. The first-order valence-corrected chi connectivity index (χ1v) is 16.1. The average Bonchev–Trinajstić information content (AvgIpc) is 3.05. The van der Waals surface area contributed by atoms with Crippen molar-refractivity contribution in [2.24, 2.45) is 0 Å². The normalized spacial score (nSPS) is 18.6. The second-order valence-corrected chi connectivity index (χ2v) is 12.6. The van der Waals surface area contributed by atoms with Crippen molar-refractivity contribution in [3.05, 3.63) is 109 Å². The first kappa shape index (κ1) is 28.4. The summed E-state index contributed by atoms with van der Waals surface area (Å²) in [7, 11) is -3.67. The molecule has 218 valence electrons. The summed E-state index contributed by atoms with van der Waals surface area (Å²) in [5.74, 6) is 1.57. The Morgan fingerprint density at radius 2 is 1.31 bits per heavy atom. The number of hydrogen-bond donors (Lipinski definition) is 0. The van der Waals surface area contributed by atoms with Crippen molar-refractivity contribution in [3.8, 4) is 22.6 Å². The Bertz CT molecular complexity index is 1530. The van der Waals surface area contributed by atoms with Gasteiger partial charge in [-0.2, -0.15) is 4.31 Å². The molecule has 0 bridgehead atoms. The Morgan fingerprint density at radius 1 is 0.690 bits per heavy atom. The smallest absolute Gasteiger partial charge is 0.243 e. The Balaban J connectivity index is 1.19. The molecule has 2 heterocycles. The van der Waals surface area contributed by atoms with Gasteiger partial charge >= 0.3 is 0 Å². The fourth-order valence-electron chi connectivity index (χ4n) is 5.72. The minimum atomic E-state index is -3.67. The summed E-state index contributed by atoms with van der Waals surface area (Å²) in [5, 5.41) is 0. The van der Waals surface area contributed by atoms with Gasteiger partial charge in [-0.25, -0.2) is 8.42 Å². The van der Waals surface area contributed by atoms with Crippen molar-refractivity contribution in [1.29, 1.82) is 0 Å². The molecule has 4 aromatic carbocycles. The Kier molecular flexibility index (Phi) is 8.86. The number of benzene rings is 4. The molecule has 2 aliphatic heterocycles. The molecule has 0 N–H and O–H groups in total. The van der Waals surface area contributed by atoms with Gasteiger partial charge in [-0.1, -0.05) is 60.7 Å². The van der Waals surface area contributed by atoms with Gasteiger partial charge in [0.2, 0.25) is 10.0 Å². The molecule has 2 fully saturated rings. The summed E-state index contributed by atoms with van der Waals surface area (Å²) in [5.41, 5.74) is 3.14. The second kappa shape index (κ2) is 13.1. The van der Waals surface area contributed by atoms with Gasteiger partial charge in [0.25, 0.3) is 0 Å². The Morgan fingerprint density at radius 3 is 2.00 bits per heavy atom. The van der Waals surface area contributed by atoms with Crippen LogP contribution in [-0.2, 0) is 14.8 Å². The van der Waals surface area contributed by atoms with Crippen LogP contribution in [0.25, 0.3) is 11.1 Å². The highest BCUT2D eigenvalue weighted by molar-refractivity contribution is 7.89. The van der Waals surface area contributed by atoms with Gasteiger partial charge in [-0.3, -0.25) is 4.90 Å². The summed E-state index contributed by atoms with van der Waals surface area (Å²) in [6, 6.07) is 35.0. The largest absolute Gasteiger partial charge is 0.457 e. The van der Waals surface area contributed by atoms with E-state index in [1.54, 1.807) is 16.4 Å². The van der Waals surface area contributed by atoms with E-state index in [1.165, 1.54) is 0 Å². The first-order chi connectivity index (χ1) is 20.6. The lowest BCUT2D eigenvalue weighted by molar-refractivity contribution is 0.0347. The molecule has 8 heteroatoms. The van der Waals surface area contributed by atoms with Crippen molar-refractivity contribution in [2.45, 2.75) is 17.4 Å². The fourth-order valence-corrected chi connectivity index (χ4v) is 7.35. The van der Waals surface area contributed by atoms with E-state index in [0.717, 1.165) is 67.6 Å². The molecule has 6 rings (SSSR count). The minimum Gasteiger partial charge on any atom is -0.457 e. The van der Waals surface area contributed by atoms with Crippen LogP contribution in [0.4, 0.5) is 5.69 Å². The molecule has 0 aromatic heterocycles. The van der Waals surface area contributed by atoms with Crippen LogP contribution in [0.1, 0.15) is 6.42 Å². The third kappa shape index (κ3) is 6.68. The molecule has 42 heavy (non-hydrogen) atoms. The molecule has 1 unspecified atom stereocenters. The topological polar surface area (TPSA) is 62.3 Å². The van der Waals surface area contributed by atoms with Crippen molar-refractivity contribution < 1.29 is 17.9 Å². The number of morpholine rings is 1.